The first-order valence-electron chi connectivity index (χ1n) is 8.31. The number of hydrogen-bond donors (Lipinski definition) is 0. The molecule has 1 fully saturated rings. The second-order valence-electron chi connectivity index (χ2n) is 6.27. The summed E-state index contributed by atoms with van der Waals surface area (Å²) in [4.78, 5) is 14.4. The zero-order valence-electron chi connectivity index (χ0n) is 14.2. The van der Waals surface area contributed by atoms with Gasteiger partial charge in [0.2, 0.25) is 15.9 Å². The average molecular weight is 356 g/mol. The smallest absolute Gasteiger partial charge is 0.238 e. The van der Waals surface area contributed by atoms with E-state index in [1.165, 1.54) is 12.1 Å². The third kappa shape index (κ3) is 4.77. The van der Waals surface area contributed by atoms with Crippen molar-refractivity contribution in [3.05, 3.63) is 35.6 Å². The van der Waals surface area contributed by atoms with Crippen molar-refractivity contribution in [1.29, 1.82) is 0 Å². The lowest BCUT2D eigenvalue weighted by Gasteiger charge is -2.36. The van der Waals surface area contributed by atoms with Crippen molar-refractivity contribution in [2.75, 3.05) is 19.3 Å². The molecule has 1 amide bonds. The van der Waals surface area contributed by atoms with Crippen LogP contribution in [0.25, 0.3) is 0 Å². The molecule has 1 aliphatic heterocycles. The number of sulfonamides is 1. The normalized spacial score (nSPS) is 18.8. The van der Waals surface area contributed by atoms with E-state index in [1.807, 2.05) is 6.92 Å². The van der Waals surface area contributed by atoms with E-state index in [-0.39, 0.29) is 30.6 Å². The SMILES string of the molecule is CCC1CCCCN1C(=O)CN(Cc1ccccc1F)S(C)(=O)=O. The van der Waals surface area contributed by atoms with Crippen LogP contribution in [0.5, 0.6) is 0 Å². The number of rotatable bonds is 6. The number of carbonyl (C=O) groups is 1. The number of carbonyl (C=O) groups excluding carboxylic acids is 1. The fourth-order valence-electron chi connectivity index (χ4n) is 3.10. The van der Waals surface area contributed by atoms with Gasteiger partial charge in [0.05, 0.1) is 12.8 Å². The molecular formula is C17H25FN2O3S. The van der Waals surface area contributed by atoms with Gasteiger partial charge in [0.15, 0.2) is 0 Å². The van der Waals surface area contributed by atoms with Crippen LogP contribution < -0.4 is 0 Å². The minimum Gasteiger partial charge on any atom is -0.339 e. The van der Waals surface area contributed by atoms with Crippen LogP contribution in [-0.2, 0) is 21.4 Å². The molecule has 0 N–H and O–H groups in total. The number of benzene rings is 1. The Labute approximate surface area is 143 Å². The largest absolute Gasteiger partial charge is 0.339 e. The molecule has 7 heteroatoms. The summed E-state index contributed by atoms with van der Waals surface area (Å²) in [7, 11) is -3.62. The minimum atomic E-state index is -3.62. The average Bonchev–Trinajstić information content (AvgIpc) is 2.55. The molecule has 0 saturated carbocycles. The second kappa shape index (κ2) is 8.07. The summed E-state index contributed by atoms with van der Waals surface area (Å²) in [5, 5.41) is 0. The molecular weight excluding hydrogens is 331 g/mol. The molecule has 1 unspecified atom stereocenters. The Morgan fingerprint density at radius 1 is 1.33 bits per heavy atom. The van der Waals surface area contributed by atoms with Gasteiger partial charge in [-0.15, -0.1) is 0 Å². The molecule has 1 saturated heterocycles. The van der Waals surface area contributed by atoms with Gasteiger partial charge in [-0.05, 0) is 31.7 Å². The number of halogens is 1. The summed E-state index contributed by atoms with van der Waals surface area (Å²) < 4.78 is 39.0. The van der Waals surface area contributed by atoms with Crippen LogP contribution in [0.3, 0.4) is 0 Å². The molecule has 0 radical (unpaired) electrons. The van der Waals surface area contributed by atoms with Crippen molar-refractivity contribution in [2.24, 2.45) is 0 Å². The Balaban J connectivity index is 2.14. The molecule has 1 aliphatic rings. The summed E-state index contributed by atoms with van der Waals surface area (Å²) in [5.74, 6) is -0.675. The van der Waals surface area contributed by atoms with Crippen molar-refractivity contribution in [1.82, 2.24) is 9.21 Å². The lowest BCUT2D eigenvalue weighted by molar-refractivity contribution is -0.135. The predicted octanol–water partition coefficient (Wildman–Crippen LogP) is 2.38. The van der Waals surface area contributed by atoms with Gasteiger partial charge >= 0.3 is 0 Å². The van der Waals surface area contributed by atoms with Crippen LogP contribution in [0.15, 0.2) is 24.3 Å². The van der Waals surface area contributed by atoms with Crippen LogP contribution in [0, 0.1) is 5.82 Å². The van der Waals surface area contributed by atoms with Crippen molar-refractivity contribution in [3.8, 4) is 0 Å². The van der Waals surface area contributed by atoms with Gasteiger partial charge in [-0.25, -0.2) is 12.8 Å². The van der Waals surface area contributed by atoms with Gasteiger partial charge < -0.3 is 4.90 Å². The van der Waals surface area contributed by atoms with Crippen LogP contribution in [0.1, 0.15) is 38.2 Å². The third-order valence-electron chi connectivity index (χ3n) is 4.50. The Bertz CT molecular complexity index is 678. The summed E-state index contributed by atoms with van der Waals surface area (Å²) in [6, 6.07) is 6.19. The molecule has 0 spiro atoms. The summed E-state index contributed by atoms with van der Waals surface area (Å²) >= 11 is 0. The van der Waals surface area contributed by atoms with Gasteiger partial charge in [0.1, 0.15) is 5.82 Å². The molecule has 24 heavy (non-hydrogen) atoms. The molecule has 0 aromatic heterocycles. The first-order valence-corrected chi connectivity index (χ1v) is 10.2. The third-order valence-corrected chi connectivity index (χ3v) is 5.70. The number of nitrogens with zero attached hydrogens (tertiary/aromatic N) is 2. The molecule has 1 aromatic rings. The van der Waals surface area contributed by atoms with Gasteiger partial charge in [0, 0.05) is 24.7 Å². The van der Waals surface area contributed by atoms with E-state index in [0.29, 0.717) is 6.54 Å². The summed E-state index contributed by atoms with van der Waals surface area (Å²) in [5.41, 5.74) is 0.265. The number of likely N-dealkylation sites (tertiary alicyclic amines) is 1. The lowest BCUT2D eigenvalue weighted by Crippen LogP contribution is -2.48. The highest BCUT2D eigenvalue weighted by atomic mass is 32.2. The van der Waals surface area contributed by atoms with Gasteiger partial charge in [-0.1, -0.05) is 25.1 Å². The standard InChI is InChI=1S/C17H25FN2O3S/c1-3-15-9-6-7-11-20(15)17(21)13-19(24(2,22)23)12-14-8-4-5-10-16(14)18/h4-5,8,10,15H,3,6-7,9,11-13H2,1-2H3. The fraction of sp³-hybridized carbons (Fsp3) is 0.588. The molecule has 134 valence electrons. The first-order chi connectivity index (χ1) is 11.3. The number of amides is 1. The lowest BCUT2D eigenvalue weighted by atomic mass is 10.00. The van der Waals surface area contributed by atoms with Crippen LogP contribution >= 0.6 is 0 Å². The molecule has 0 bridgehead atoms. The van der Waals surface area contributed by atoms with Crippen LogP contribution in [-0.4, -0.2) is 48.9 Å². The molecule has 1 aromatic carbocycles. The number of hydrogen-bond acceptors (Lipinski definition) is 3. The highest BCUT2D eigenvalue weighted by Gasteiger charge is 2.29. The van der Waals surface area contributed by atoms with Crippen LogP contribution in [0.2, 0.25) is 0 Å². The Morgan fingerprint density at radius 2 is 2.04 bits per heavy atom. The van der Waals surface area contributed by atoms with E-state index in [0.717, 1.165) is 36.2 Å². The van der Waals surface area contributed by atoms with E-state index in [1.54, 1.807) is 17.0 Å². The highest BCUT2D eigenvalue weighted by Crippen LogP contribution is 2.20. The maximum atomic E-state index is 13.8. The molecule has 5 nitrogen and oxygen atoms in total. The quantitative estimate of drug-likeness (QED) is 0.786. The highest BCUT2D eigenvalue weighted by molar-refractivity contribution is 7.88. The molecule has 0 aliphatic carbocycles. The van der Waals surface area contributed by atoms with Crippen molar-refractivity contribution >= 4 is 15.9 Å². The van der Waals surface area contributed by atoms with E-state index < -0.39 is 15.8 Å². The maximum absolute atomic E-state index is 13.8. The van der Waals surface area contributed by atoms with E-state index in [9.17, 15) is 17.6 Å². The Kier molecular flexibility index (Phi) is 6.34. The molecule has 2 rings (SSSR count). The fourth-order valence-corrected chi connectivity index (χ4v) is 3.82. The number of piperidine rings is 1. The monoisotopic (exact) mass is 356 g/mol. The summed E-state index contributed by atoms with van der Waals surface area (Å²) in [6.07, 6.45) is 4.89. The van der Waals surface area contributed by atoms with Gasteiger partial charge in [0.25, 0.3) is 0 Å². The zero-order chi connectivity index (χ0) is 17.7. The van der Waals surface area contributed by atoms with Crippen LogP contribution in [0.4, 0.5) is 4.39 Å². The Morgan fingerprint density at radius 3 is 2.67 bits per heavy atom. The second-order valence-corrected chi connectivity index (χ2v) is 8.25. The van der Waals surface area contributed by atoms with E-state index in [4.69, 9.17) is 0 Å². The molecule has 1 heterocycles. The van der Waals surface area contributed by atoms with Gasteiger partial charge in [-0.3, -0.25) is 4.79 Å². The predicted molar refractivity (Wildman–Crippen MR) is 91.3 cm³/mol. The summed E-state index contributed by atoms with van der Waals surface area (Å²) in [6.45, 7) is 2.31. The van der Waals surface area contributed by atoms with Crippen molar-refractivity contribution in [2.45, 2.75) is 45.2 Å². The minimum absolute atomic E-state index is 0.137. The van der Waals surface area contributed by atoms with E-state index >= 15 is 0 Å². The van der Waals surface area contributed by atoms with E-state index in [2.05, 4.69) is 0 Å². The Hall–Kier alpha value is -1.47. The van der Waals surface area contributed by atoms with Crippen molar-refractivity contribution in [3.63, 3.8) is 0 Å². The maximum Gasteiger partial charge on any atom is 0.238 e. The topological polar surface area (TPSA) is 57.7 Å². The van der Waals surface area contributed by atoms with Crippen molar-refractivity contribution < 1.29 is 17.6 Å². The van der Waals surface area contributed by atoms with Gasteiger partial charge in [-0.2, -0.15) is 4.31 Å². The molecule has 1 atom stereocenters. The first kappa shape index (κ1) is 18.9. The zero-order valence-corrected chi connectivity index (χ0v) is 15.1.